The molecular weight excluding hydrogens is 493 g/mol. The van der Waals surface area contributed by atoms with Gasteiger partial charge in [-0.05, 0) is 79.0 Å². The number of aromatic nitrogens is 5. The predicted molar refractivity (Wildman–Crippen MR) is 141 cm³/mol. The van der Waals surface area contributed by atoms with Gasteiger partial charge in [-0.1, -0.05) is 0 Å². The van der Waals surface area contributed by atoms with Crippen LogP contribution in [0.1, 0.15) is 30.0 Å². The molecule has 0 amide bonds. The summed E-state index contributed by atoms with van der Waals surface area (Å²) in [6, 6.07) is 10.5. The van der Waals surface area contributed by atoms with Gasteiger partial charge in [-0.2, -0.15) is 5.10 Å². The van der Waals surface area contributed by atoms with Crippen molar-refractivity contribution in [1.82, 2.24) is 35.2 Å². The summed E-state index contributed by atoms with van der Waals surface area (Å²) in [6.45, 7) is 1.99. The van der Waals surface area contributed by atoms with Crippen molar-refractivity contribution in [3.8, 4) is 22.5 Å². The standard InChI is InChI=1S/C26H26FN7O2S/c1-37(35,36)31-13-15-8-17(10-18(27)9-15)19-4-7-29-26-20(19)11-23(32-26)25-21-12-22(16-2-5-28-6-3-16)30-14-24(21)33-34-25/h4,7-12,14,16,28,31H,2-3,5-6,13H2,1H3,(H,29,32)(H,33,34). The number of H-pyrrole nitrogens is 2. The van der Waals surface area contributed by atoms with Crippen LogP contribution in [0.5, 0.6) is 0 Å². The largest absolute Gasteiger partial charge is 0.338 e. The molecule has 5 heterocycles. The molecule has 1 fully saturated rings. The molecule has 0 bridgehead atoms. The number of pyridine rings is 2. The van der Waals surface area contributed by atoms with Crippen molar-refractivity contribution in [3.63, 3.8) is 0 Å². The Morgan fingerprint density at radius 2 is 1.92 bits per heavy atom. The van der Waals surface area contributed by atoms with Gasteiger partial charge in [0, 0.05) is 35.1 Å². The Morgan fingerprint density at radius 3 is 2.73 bits per heavy atom. The Kier molecular flexibility index (Phi) is 5.98. The number of aromatic amines is 2. The molecule has 0 spiro atoms. The lowest BCUT2D eigenvalue weighted by Gasteiger charge is -2.22. The molecule has 1 saturated heterocycles. The molecule has 4 aromatic heterocycles. The van der Waals surface area contributed by atoms with Gasteiger partial charge in [0.05, 0.1) is 23.7 Å². The average molecular weight is 520 g/mol. The van der Waals surface area contributed by atoms with Crippen molar-refractivity contribution in [3.05, 3.63) is 65.9 Å². The van der Waals surface area contributed by atoms with Gasteiger partial charge in [0.25, 0.3) is 0 Å². The summed E-state index contributed by atoms with van der Waals surface area (Å²) in [4.78, 5) is 12.5. The van der Waals surface area contributed by atoms with Gasteiger partial charge in [0.2, 0.25) is 10.0 Å². The van der Waals surface area contributed by atoms with Gasteiger partial charge in [-0.3, -0.25) is 10.1 Å². The molecule has 11 heteroatoms. The van der Waals surface area contributed by atoms with Crippen LogP contribution in [0.4, 0.5) is 4.39 Å². The maximum absolute atomic E-state index is 14.5. The molecule has 1 aliphatic heterocycles. The first-order chi connectivity index (χ1) is 17.8. The number of rotatable bonds is 6. The smallest absolute Gasteiger partial charge is 0.209 e. The highest BCUT2D eigenvalue weighted by atomic mass is 32.2. The zero-order valence-electron chi connectivity index (χ0n) is 20.2. The van der Waals surface area contributed by atoms with Gasteiger partial charge in [-0.25, -0.2) is 22.5 Å². The third kappa shape index (κ3) is 4.85. The van der Waals surface area contributed by atoms with Gasteiger partial charge < -0.3 is 10.3 Å². The molecule has 6 rings (SSSR count). The Morgan fingerprint density at radius 1 is 1.08 bits per heavy atom. The molecule has 5 aromatic rings. The Labute approximate surface area is 213 Å². The molecule has 190 valence electrons. The first-order valence-corrected chi connectivity index (χ1v) is 14.0. The molecule has 1 aliphatic rings. The molecule has 0 saturated carbocycles. The van der Waals surface area contributed by atoms with E-state index in [9.17, 15) is 12.8 Å². The Bertz CT molecular complexity index is 1720. The number of hydrogen-bond acceptors (Lipinski definition) is 6. The first-order valence-electron chi connectivity index (χ1n) is 12.1. The number of benzene rings is 1. The fourth-order valence-electron chi connectivity index (χ4n) is 5.01. The minimum Gasteiger partial charge on any atom is -0.338 e. The molecule has 4 N–H and O–H groups in total. The quantitative estimate of drug-likeness (QED) is 0.270. The van der Waals surface area contributed by atoms with Crippen LogP contribution < -0.4 is 10.0 Å². The fourth-order valence-corrected chi connectivity index (χ4v) is 5.44. The van der Waals surface area contributed by atoms with Crippen LogP contribution in [0, 0.1) is 5.82 Å². The van der Waals surface area contributed by atoms with E-state index >= 15 is 0 Å². The zero-order valence-corrected chi connectivity index (χ0v) is 21.0. The summed E-state index contributed by atoms with van der Waals surface area (Å²) < 4.78 is 39.9. The molecule has 0 radical (unpaired) electrons. The monoisotopic (exact) mass is 519 g/mol. The highest BCUT2D eigenvalue weighted by molar-refractivity contribution is 7.88. The van der Waals surface area contributed by atoms with Crippen molar-refractivity contribution in [2.45, 2.75) is 25.3 Å². The van der Waals surface area contributed by atoms with Crippen LogP contribution in [-0.2, 0) is 16.6 Å². The molecular formula is C26H26FN7O2S. The molecule has 9 nitrogen and oxygen atoms in total. The van der Waals surface area contributed by atoms with Gasteiger partial charge in [0.1, 0.15) is 17.2 Å². The summed E-state index contributed by atoms with van der Waals surface area (Å²) >= 11 is 0. The van der Waals surface area contributed by atoms with Gasteiger partial charge >= 0.3 is 0 Å². The van der Waals surface area contributed by atoms with E-state index in [1.165, 1.54) is 12.1 Å². The van der Waals surface area contributed by atoms with E-state index in [4.69, 9.17) is 0 Å². The van der Waals surface area contributed by atoms with E-state index in [1.54, 1.807) is 12.3 Å². The molecule has 1 aromatic carbocycles. The predicted octanol–water partition coefficient (Wildman–Crippen LogP) is 3.82. The van der Waals surface area contributed by atoms with Crippen LogP contribution in [0.15, 0.2) is 48.8 Å². The molecule has 0 unspecified atom stereocenters. The van der Waals surface area contributed by atoms with Crippen molar-refractivity contribution < 1.29 is 12.8 Å². The van der Waals surface area contributed by atoms with E-state index in [0.29, 0.717) is 22.7 Å². The highest BCUT2D eigenvalue weighted by Crippen LogP contribution is 2.35. The van der Waals surface area contributed by atoms with E-state index in [-0.39, 0.29) is 6.54 Å². The summed E-state index contributed by atoms with van der Waals surface area (Å²) in [5.74, 6) is -0.0245. The van der Waals surface area contributed by atoms with Crippen LogP contribution in [-0.4, -0.2) is 52.9 Å². The molecule has 37 heavy (non-hydrogen) atoms. The summed E-state index contributed by atoms with van der Waals surface area (Å²) in [7, 11) is -3.40. The summed E-state index contributed by atoms with van der Waals surface area (Å²) in [6.07, 6.45) is 6.69. The molecule has 0 atom stereocenters. The van der Waals surface area contributed by atoms with Gasteiger partial charge in [0.15, 0.2) is 0 Å². The zero-order chi connectivity index (χ0) is 25.6. The van der Waals surface area contributed by atoms with Crippen LogP contribution >= 0.6 is 0 Å². The number of sulfonamides is 1. The average Bonchev–Trinajstić information content (AvgIpc) is 3.51. The first kappa shape index (κ1) is 23.7. The van der Waals surface area contributed by atoms with Crippen molar-refractivity contribution in [2.75, 3.05) is 19.3 Å². The minimum atomic E-state index is -3.40. The number of hydrogen-bond donors (Lipinski definition) is 4. The third-order valence-electron chi connectivity index (χ3n) is 6.82. The van der Waals surface area contributed by atoms with Crippen LogP contribution in [0.25, 0.3) is 44.5 Å². The Hall–Kier alpha value is -3.67. The van der Waals surface area contributed by atoms with Crippen molar-refractivity contribution >= 4 is 32.0 Å². The lowest BCUT2D eigenvalue weighted by atomic mass is 9.93. The van der Waals surface area contributed by atoms with E-state index in [2.05, 4.69) is 41.3 Å². The number of halogens is 1. The van der Waals surface area contributed by atoms with Crippen LogP contribution in [0.3, 0.4) is 0 Å². The number of piperidine rings is 1. The molecule has 0 aliphatic carbocycles. The van der Waals surface area contributed by atoms with Crippen molar-refractivity contribution in [2.24, 2.45) is 0 Å². The second kappa shape index (κ2) is 9.33. The maximum atomic E-state index is 14.5. The lowest BCUT2D eigenvalue weighted by Crippen LogP contribution is -2.27. The topological polar surface area (TPSA) is 128 Å². The minimum absolute atomic E-state index is 0.00287. The summed E-state index contributed by atoms with van der Waals surface area (Å²) in [5.41, 5.74) is 6.08. The second-order valence-corrected chi connectivity index (χ2v) is 11.3. The van der Waals surface area contributed by atoms with E-state index in [1.807, 2.05) is 18.3 Å². The maximum Gasteiger partial charge on any atom is 0.209 e. The highest BCUT2D eigenvalue weighted by Gasteiger charge is 2.20. The second-order valence-electron chi connectivity index (χ2n) is 9.50. The normalized spacial score (nSPS) is 15.1. The number of nitrogens with zero attached hydrogens (tertiary/aromatic N) is 3. The third-order valence-corrected chi connectivity index (χ3v) is 7.49. The van der Waals surface area contributed by atoms with Gasteiger partial charge in [-0.15, -0.1) is 0 Å². The Balaban J connectivity index is 1.40. The number of nitrogens with one attached hydrogen (secondary N) is 4. The lowest BCUT2D eigenvalue weighted by molar-refractivity contribution is 0.453. The van der Waals surface area contributed by atoms with Crippen LogP contribution in [0.2, 0.25) is 0 Å². The van der Waals surface area contributed by atoms with E-state index in [0.717, 1.165) is 71.1 Å². The fraction of sp³-hybridized carbons (Fsp3) is 0.269. The SMILES string of the molecule is CS(=O)(=O)NCc1cc(F)cc(-c2ccnc3[nH]c(-c4n[nH]c5cnc(C6CCNCC6)cc45)cc23)c1. The van der Waals surface area contributed by atoms with Crippen molar-refractivity contribution in [1.29, 1.82) is 0 Å². The number of fused-ring (bicyclic) bond motifs is 2. The van der Waals surface area contributed by atoms with E-state index < -0.39 is 15.8 Å². The summed E-state index contributed by atoms with van der Waals surface area (Å²) in [5, 5.41) is 12.8.